The highest BCUT2D eigenvalue weighted by molar-refractivity contribution is 7.84. The van der Waals surface area contributed by atoms with Crippen LogP contribution in [-0.2, 0) is 10.8 Å². The number of rotatable bonds is 5. The van der Waals surface area contributed by atoms with Crippen LogP contribution in [0.3, 0.4) is 0 Å². The van der Waals surface area contributed by atoms with E-state index >= 15 is 0 Å². The number of nitro groups is 1. The van der Waals surface area contributed by atoms with E-state index in [0.29, 0.717) is 0 Å². The molecule has 0 saturated carbocycles. The zero-order chi connectivity index (χ0) is 14.6. The molecule has 1 aromatic rings. The second-order valence-electron chi connectivity index (χ2n) is 4.02. The van der Waals surface area contributed by atoms with Gasteiger partial charge in [-0.15, -0.1) is 0 Å². The van der Waals surface area contributed by atoms with Gasteiger partial charge in [-0.25, -0.2) is 0 Å². The molecule has 0 heterocycles. The number of amides is 1. The SMILES string of the molecule is CC(CNC(=O)c1cccc(N)c1[N+](=O)[O-])S(C)=O. The monoisotopic (exact) mass is 285 g/mol. The Morgan fingerprint density at radius 3 is 2.74 bits per heavy atom. The number of hydrogen-bond donors (Lipinski definition) is 2. The molecule has 1 rings (SSSR count). The maximum Gasteiger partial charge on any atom is 0.304 e. The summed E-state index contributed by atoms with van der Waals surface area (Å²) in [4.78, 5) is 22.1. The minimum Gasteiger partial charge on any atom is -0.393 e. The maximum absolute atomic E-state index is 11.9. The van der Waals surface area contributed by atoms with E-state index in [4.69, 9.17) is 5.73 Å². The zero-order valence-electron chi connectivity index (χ0n) is 10.6. The van der Waals surface area contributed by atoms with Crippen molar-refractivity contribution in [2.75, 3.05) is 18.5 Å². The average molecular weight is 285 g/mol. The van der Waals surface area contributed by atoms with Gasteiger partial charge in [0.2, 0.25) is 0 Å². The molecule has 0 fully saturated rings. The molecule has 0 aliphatic carbocycles. The lowest BCUT2D eigenvalue weighted by Crippen LogP contribution is -2.33. The number of para-hydroxylation sites is 1. The van der Waals surface area contributed by atoms with Crippen LogP contribution >= 0.6 is 0 Å². The van der Waals surface area contributed by atoms with Gasteiger partial charge in [0.1, 0.15) is 11.3 Å². The van der Waals surface area contributed by atoms with Gasteiger partial charge in [-0.2, -0.15) is 0 Å². The Morgan fingerprint density at radius 1 is 1.58 bits per heavy atom. The Balaban J connectivity index is 2.92. The van der Waals surface area contributed by atoms with Gasteiger partial charge in [-0.05, 0) is 19.1 Å². The van der Waals surface area contributed by atoms with Crippen LogP contribution in [0.2, 0.25) is 0 Å². The molecule has 1 amide bonds. The third-order valence-electron chi connectivity index (χ3n) is 2.61. The molecule has 0 aliphatic rings. The first-order valence-electron chi connectivity index (χ1n) is 5.48. The largest absolute Gasteiger partial charge is 0.393 e. The minimum atomic E-state index is -1.07. The Hall–Kier alpha value is -1.96. The summed E-state index contributed by atoms with van der Waals surface area (Å²) in [6.45, 7) is 1.89. The molecule has 3 N–H and O–H groups in total. The van der Waals surface area contributed by atoms with Crippen LogP contribution in [-0.4, -0.2) is 33.1 Å². The topological polar surface area (TPSA) is 115 Å². The average Bonchev–Trinajstić information content (AvgIpc) is 2.34. The van der Waals surface area contributed by atoms with Crippen molar-refractivity contribution < 1.29 is 13.9 Å². The summed E-state index contributed by atoms with van der Waals surface area (Å²) in [6.07, 6.45) is 1.53. The van der Waals surface area contributed by atoms with Gasteiger partial charge >= 0.3 is 5.69 Å². The first-order chi connectivity index (χ1) is 8.84. The predicted molar refractivity (Wildman–Crippen MR) is 73.4 cm³/mol. The van der Waals surface area contributed by atoms with Crippen LogP contribution in [0.5, 0.6) is 0 Å². The second-order valence-corrected chi connectivity index (χ2v) is 5.82. The van der Waals surface area contributed by atoms with Crippen LogP contribution in [0.4, 0.5) is 11.4 Å². The number of nitrogens with zero attached hydrogens (tertiary/aromatic N) is 1. The summed E-state index contributed by atoms with van der Waals surface area (Å²) in [5.41, 5.74) is 4.92. The number of carbonyl (C=O) groups is 1. The highest BCUT2D eigenvalue weighted by Crippen LogP contribution is 2.25. The second kappa shape index (κ2) is 6.28. The summed E-state index contributed by atoms with van der Waals surface area (Å²) in [6, 6.07) is 4.16. The number of hydrogen-bond acceptors (Lipinski definition) is 5. The maximum atomic E-state index is 11.9. The van der Waals surface area contributed by atoms with Gasteiger partial charge < -0.3 is 11.1 Å². The molecule has 0 aromatic heterocycles. The van der Waals surface area contributed by atoms with Gasteiger partial charge in [-0.1, -0.05) is 6.07 Å². The van der Waals surface area contributed by atoms with Crippen molar-refractivity contribution in [3.05, 3.63) is 33.9 Å². The van der Waals surface area contributed by atoms with Crippen molar-refractivity contribution in [3.8, 4) is 0 Å². The fourth-order valence-electron chi connectivity index (χ4n) is 1.40. The van der Waals surface area contributed by atoms with Crippen LogP contribution in [0.15, 0.2) is 18.2 Å². The van der Waals surface area contributed by atoms with Crippen molar-refractivity contribution in [3.63, 3.8) is 0 Å². The predicted octanol–water partition coefficient (Wildman–Crippen LogP) is 0.674. The molecular weight excluding hydrogens is 270 g/mol. The Labute approximate surface area is 112 Å². The van der Waals surface area contributed by atoms with Gasteiger partial charge in [0.25, 0.3) is 5.91 Å². The number of nitrogens with one attached hydrogen (secondary N) is 1. The van der Waals surface area contributed by atoms with Crippen molar-refractivity contribution in [1.82, 2.24) is 5.32 Å². The number of benzene rings is 1. The first-order valence-corrected chi connectivity index (χ1v) is 7.10. The number of nitrogens with two attached hydrogens (primary N) is 1. The molecule has 0 spiro atoms. The van der Waals surface area contributed by atoms with Crippen LogP contribution in [0, 0.1) is 10.1 Å². The highest BCUT2D eigenvalue weighted by atomic mass is 32.2. The summed E-state index contributed by atoms with van der Waals surface area (Å²) < 4.78 is 11.2. The lowest BCUT2D eigenvalue weighted by molar-refractivity contribution is -0.384. The molecule has 19 heavy (non-hydrogen) atoms. The molecule has 0 aliphatic heterocycles. The minimum absolute atomic E-state index is 0.0650. The molecule has 0 radical (unpaired) electrons. The first kappa shape index (κ1) is 15.1. The third-order valence-corrected chi connectivity index (χ3v) is 3.91. The lowest BCUT2D eigenvalue weighted by atomic mass is 10.1. The fourth-order valence-corrected chi connectivity index (χ4v) is 1.72. The zero-order valence-corrected chi connectivity index (χ0v) is 11.4. The summed E-state index contributed by atoms with van der Waals surface area (Å²) >= 11 is 0. The lowest BCUT2D eigenvalue weighted by Gasteiger charge is -2.10. The Kier molecular flexibility index (Phi) is 4.99. The highest BCUT2D eigenvalue weighted by Gasteiger charge is 2.23. The van der Waals surface area contributed by atoms with Gasteiger partial charge in [0.05, 0.1) is 4.92 Å². The van der Waals surface area contributed by atoms with Crippen molar-refractivity contribution in [1.29, 1.82) is 0 Å². The van der Waals surface area contributed by atoms with Crippen molar-refractivity contribution in [2.24, 2.45) is 0 Å². The van der Waals surface area contributed by atoms with E-state index in [0.717, 1.165) is 0 Å². The Morgan fingerprint density at radius 2 is 2.21 bits per heavy atom. The molecule has 2 unspecified atom stereocenters. The summed E-state index contributed by atoms with van der Waals surface area (Å²) in [5, 5.41) is 13.2. The molecule has 7 nitrogen and oxygen atoms in total. The van der Waals surface area contributed by atoms with E-state index in [1.165, 1.54) is 24.5 Å². The number of carbonyl (C=O) groups excluding carboxylic acids is 1. The Bertz CT molecular complexity index is 533. The number of nitrogen functional groups attached to an aromatic ring is 1. The van der Waals surface area contributed by atoms with E-state index in [-0.39, 0.29) is 23.0 Å². The smallest absolute Gasteiger partial charge is 0.304 e. The van der Waals surface area contributed by atoms with Gasteiger partial charge in [0, 0.05) is 28.9 Å². The summed E-state index contributed by atoms with van der Waals surface area (Å²) in [7, 11) is -1.07. The fraction of sp³-hybridized carbons (Fsp3) is 0.364. The molecule has 2 atom stereocenters. The van der Waals surface area contributed by atoms with E-state index < -0.39 is 27.3 Å². The van der Waals surface area contributed by atoms with Gasteiger partial charge in [-0.3, -0.25) is 19.1 Å². The normalized spacial score (nSPS) is 13.6. The van der Waals surface area contributed by atoms with Crippen molar-refractivity contribution in [2.45, 2.75) is 12.2 Å². The van der Waals surface area contributed by atoms with E-state index in [2.05, 4.69) is 5.32 Å². The third kappa shape index (κ3) is 3.75. The van der Waals surface area contributed by atoms with Crippen molar-refractivity contribution >= 4 is 28.1 Å². The number of nitro benzene ring substituents is 1. The summed E-state index contributed by atoms with van der Waals surface area (Å²) in [5.74, 6) is -0.601. The molecule has 104 valence electrons. The molecule has 0 saturated heterocycles. The van der Waals surface area contributed by atoms with Gasteiger partial charge in [0.15, 0.2) is 0 Å². The van der Waals surface area contributed by atoms with Crippen LogP contribution < -0.4 is 11.1 Å². The number of anilines is 1. The van der Waals surface area contributed by atoms with Crippen LogP contribution in [0.1, 0.15) is 17.3 Å². The van der Waals surface area contributed by atoms with E-state index in [1.54, 1.807) is 6.92 Å². The van der Waals surface area contributed by atoms with E-state index in [1.807, 2.05) is 0 Å². The van der Waals surface area contributed by atoms with Crippen LogP contribution in [0.25, 0.3) is 0 Å². The standard InChI is InChI=1S/C11H15N3O4S/c1-7(19(2)18)6-13-11(15)8-4-3-5-9(12)10(8)14(16)17/h3-5,7H,6,12H2,1-2H3,(H,13,15). The molecule has 8 heteroatoms. The molecular formula is C11H15N3O4S. The molecule has 1 aromatic carbocycles. The quantitative estimate of drug-likeness (QED) is 0.469. The molecule has 0 bridgehead atoms. The van der Waals surface area contributed by atoms with E-state index in [9.17, 15) is 19.1 Å².